The summed E-state index contributed by atoms with van der Waals surface area (Å²) < 4.78 is 0. The third-order valence-corrected chi connectivity index (χ3v) is 4.55. The molecule has 0 aliphatic carbocycles. The second-order valence-corrected chi connectivity index (χ2v) is 7.28. The summed E-state index contributed by atoms with van der Waals surface area (Å²) in [4.78, 5) is 12.4. The van der Waals surface area contributed by atoms with Crippen molar-refractivity contribution < 1.29 is 15.0 Å². The molecule has 0 bridgehead atoms. The molecule has 142 valence electrons. The lowest BCUT2D eigenvalue weighted by atomic mass is 9.93. The maximum atomic E-state index is 12.4. The lowest BCUT2D eigenvalue weighted by molar-refractivity contribution is 0.0967. The molecule has 0 aromatic heterocycles. The van der Waals surface area contributed by atoms with Crippen LogP contribution in [0.5, 0.6) is 11.5 Å². The van der Waals surface area contributed by atoms with Gasteiger partial charge in [-0.15, -0.1) is 0 Å². The first kappa shape index (κ1) is 21.8. The van der Waals surface area contributed by atoms with Gasteiger partial charge in [0.2, 0.25) is 0 Å². The molecule has 0 fully saturated rings. The molecule has 0 aliphatic heterocycles. The topological polar surface area (TPSA) is 57.5 Å². The predicted molar refractivity (Wildman–Crippen MR) is 109 cm³/mol. The van der Waals surface area contributed by atoms with Gasteiger partial charge in [-0.2, -0.15) is 0 Å². The number of allylic oxidation sites excluding steroid dienone is 6. The number of hydrogen-bond acceptors (Lipinski definition) is 3. The fourth-order valence-electron chi connectivity index (χ4n) is 2.64. The first-order chi connectivity index (χ1) is 12.2. The van der Waals surface area contributed by atoms with E-state index in [0.717, 1.165) is 19.3 Å². The highest BCUT2D eigenvalue weighted by atomic mass is 16.3. The quantitative estimate of drug-likeness (QED) is 0.401. The summed E-state index contributed by atoms with van der Waals surface area (Å²) in [7, 11) is 0. The lowest BCUT2D eigenvalue weighted by Crippen LogP contribution is -2.07. The molecule has 1 atom stereocenters. The number of hydrogen-bond donors (Lipinski definition) is 2. The molecule has 1 aromatic rings. The van der Waals surface area contributed by atoms with E-state index in [0.29, 0.717) is 6.42 Å². The van der Waals surface area contributed by atoms with Crippen molar-refractivity contribution in [2.75, 3.05) is 0 Å². The van der Waals surface area contributed by atoms with Crippen molar-refractivity contribution in [1.29, 1.82) is 0 Å². The summed E-state index contributed by atoms with van der Waals surface area (Å²) in [6.45, 7) is 10.5. The molecule has 0 aliphatic rings. The van der Waals surface area contributed by atoms with Crippen LogP contribution in [-0.4, -0.2) is 16.0 Å². The third-order valence-electron chi connectivity index (χ3n) is 4.55. The molecule has 0 radical (unpaired) electrons. The Hall–Kier alpha value is -2.29. The molecule has 0 heterocycles. The normalized spacial score (nSPS) is 13.4. The van der Waals surface area contributed by atoms with Crippen LogP contribution in [0, 0.1) is 5.92 Å². The number of carbonyl (C=O) groups excluding carboxylic acids is 1. The fourth-order valence-corrected chi connectivity index (χ4v) is 2.64. The van der Waals surface area contributed by atoms with Crippen molar-refractivity contribution in [3.8, 4) is 11.5 Å². The number of ketones is 1. The molecule has 0 saturated carbocycles. The van der Waals surface area contributed by atoms with Crippen LogP contribution in [0.3, 0.4) is 0 Å². The highest BCUT2D eigenvalue weighted by Crippen LogP contribution is 2.26. The highest BCUT2D eigenvalue weighted by Gasteiger charge is 2.16. The Morgan fingerprint density at radius 1 is 1.08 bits per heavy atom. The molecule has 0 unspecified atom stereocenters. The van der Waals surface area contributed by atoms with Crippen LogP contribution in [-0.2, 0) is 0 Å². The van der Waals surface area contributed by atoms with Crippen molar-refractivity contribution in [2.24, 2.45) is 5.92 Å². The number of benzene rings is 1. The van der Waals surface area contributed by atoms with E-state index in [1.165, 1.54) is 34.9 Å². The Morgan fingerprint density at radius 3 is 2.38 bits per heavy atom. The zero-order valence-corrected chi connectivity index (χ0v) is 16.7. The summed E-state index contributed by atoms with van der Waals surface area (Å²) in [5.74, 6) is -0.222. The summed E-state index contributed by atoms with van der Waals surface area (Å²) >= 11 is 0. The fraction of sp³-hybridized carbons (Fsp3) is 0.435. The molecule has 1 aromatic carbocycles. The van der Waals surface area contributed by atoms with Crippen LogP contribution < -0.4 is 0 Å². The average molecular weight is 357 g/mol. The van der Waals surface area contributed by atoms with E-state index in [-0.39, 0.29) is 28.8 Å². The van der Waals surface area contributed by atoms with E-state index in [1.807, 2.05) is 13.8 Å². The number of phenols is 2. The van der Waals surface area contributed by atoms with Crippen molar-refractivity contribution in [2.45, 2.75) is 60.3 Å². The summed E-state index contributed by atoms with van der Waals surface area (Å²) in [6, 6.07) is 4.09. The van der Waals surface area contributed by atoms with E-state index >= 15 is 0 Å². The molecular weight excluding hydrogens is 324 g/mol. The van der Waals surface area contributed by atoms with Crippen molar-refractivity contribution in [1.82, 2.24) is 0 Å². The molecule has 3 nitrogen and oxygen atoms in total. The van der Waals surface area contributed by atoms with Crippen LogP contribution in [0.2, 0.25) is 0 Å². The minimum atomic E-state index is -0.168. The van der Waals surface area contributed by atoms with Crippen molar-refractivity contribution in [3.05, 3.63) is 58.7 Å². The molecule has 3 heteroatoms. The Balaban J connectivity index is 2.57. The number of rotatable bonds is 9. The van der Waals surface area contributed by atoms with E-state index in [1.54, 1.807) is 0 Å². The molecule has 0 saturated heterocycles. The molecule has 26 heavy (non-hydrogen) atoms. The SMILES string of the molecule is CC(C)=CCCC(C)=CCC=C(C)[C@@H](C)CC(=O)c1ccc(O)cc1O. The van der Waals surface area contributed by atoms with Crippen LogP contribution >= 0.6 is 0 Å². The maximum absolute atomic E-state index is 12.4. The van der Waals surface area contributed by atoms with Crippen LogP contribution in [0.4, 0.5) is 0 Å². The largest absolute Gasteiger partial charge is 0.508 e. The van der Waals surface area contributed by atoms with Gasteiger partial charge in [-0.3, -0.25) is 4.79 Å². The molecule has 1 rings (SSSR count). The smallest absolute Gasteiger partial charge is 0.167 e. The first-order valence-corrected chi connectivity index (χ1v) is 9.21. The standard InChI is InChI=1S/C23H32O3/c1-16(2)8-6-9-17(3)10-7-11-18(4)19(5)14-22(25)21-13-12-20(24)15-23(21)26/h8,10-13,15,19,24,26H,6-7,9,14H2,1-5H3/t19-/m0/s1. The Labute approximate surface area is 157 Å². The third kappa shape index (κ3) is 7.73. The summed E-state index contributed by atoms with van der Waals surface area (Å²) in [5, 5.41) is 19.1. The van der Waals surface area contributed by atoms with Gasteiger partial charge in [0.1, 0.15) is 11.5 Å². The number of phenolic OH excluding ortho intramolecular Hbond substituents is 2. The highest BCUT2D eigenvalue weighted by molar-refractivity contribution is 5.99. The second-order valence-electron chi connectivity index (χ2n) is 7.28. The van der Waals surface area contributed by atoms with Gasteiger partial charge < -0.3 is 10.2 Å². The zero-order valence-electron chi connectivity index (χ0n) is 16.7. The molecule has 0 spiro atoms. The minimum absolute atomic E-state index is 0.0464. The number of carbonyl (C=O) groups is 1. The Bertz CT molecular complexity index is 704. The monoisotopic (exact) mass is 356 g/mol. The lowest BCUT2D eigenvalue weighted by Gasteiger charge is -2.12. The molecule has 2 N–H and O–H groups in total. The summed E-state index contributed by atoms with van der Waals surface area (Å²) in [6.07, 6.45) is 10.0. The zero-order chi connectivity index (χ0) is 19.7. The minimum Gasteiger partial charge on any atom is -0.508 e. The van der Waals surface area contributed by atoms with Crippen molar-refractivity contribution >= 4 is 5.78 Å². The van der Waals surface area contributed by atoms with Gasteiger partial charge in [-0.25, -0.2) is 0 Å². The van der Waals surface area contributed by atoms with Crippen LogP contribution in [0.15, 0.2) is 53.1 Å². The molecular formula is C23H32O3. The number of Topliss-reactive ketones (excluding diaryl/α,β-unsaturated/α-hetero) is 1. The Morgan fingerprint density at radius 2 is 1.77 bits per heavy atom. The molecule has 0 amide bonds. The van der Waals surface area contributed by atoms with Gasteiger partial charge in [0.15, 0.2) is 5.78 Å². The first-order valence-electron chi connectivity index (χ1n) is 9.21. The number of aromatic hydroxyl groups is 2. The Kier molecular flexibility index (Phi) is 8.91. The van der Waals surface area contributed by atoms with Gasteiger partial charge in [0.25, 0.3) is 0 Å². The van der Waals surface area contributed by atoms with Gasteiger partial charge in [-0.05, 0) is 65.0 Å². The van der Waals surface area contributed by atoms with E-state index in [9.17, 15) is 15.0 Å². The van der Waals surface area contributed by atoms with Crippen molar-refractivity contribution in [3.63, 3.8) is 0 Å². The second kappa shape index (κ2) is 10.6. The predicted octanol–water partition coefficient (Wildman–Crippen LogP) is 6.34. The van der Waals surface area contributed by atoms with Crippen LogP contribution in [0.25, 0.3) is 0 Å². The van der Waals surface area contributed by atoms with Gasteiger partial charge in [-0.1, -0.05) is 41.9 Å². The van der Waals surface area contributed by atoms with Gasteiger partial charge in [0, 0.05) is 12.5 Å². The van der Waals surface area contributed by atoms with Crippen LogP contribution in [0.1, 0.15) is 70.7 Å². The van der Waals surface area contributed by atoms with Gasteiger partial charge in [0.05, 0.1) is 5.56 Å². The maximum Gasteiger partial charge on any atom is 0.167 e. The van der Waals surface area contributed by atoms with E-state index in [4.69, 9.17) is 0 Å². The average Bonchev–Trinajstić information content (AvgIpc) is 2.54. The van der Waals surface area contributed by atoms with E-state index in [2.05, 4.69) is 39.0 Å². The van der Waals surface area contributed by atoms with E-state index < -0.39 is 0 Å². The van der Waals surface area contributed by atoms with Gasteiger partial charge >= 0.3 is 0 Å². The summed E-state index contributed by atoms with van der Waals surface area (Å²) in [5.41, 5.74) is 4.17.